The summed E-state index contributed by atoms with van der Waals surface area (Å²) >= 11 is 0. The average Bonchev–Trinajstić information content (AvgIpc) is 2.99. The summed E-state index contributed by atoms with van der Waals surface area (Å²) in [5.41, 5.74) is 5.49. The van der Waals surface area contributed by atoms with Crippen LogP contribution in [0.3, 0.4) is 0 Å². The van der Waals surface area contributed by atoms with E-state index in [1.807, 2.05) is 0 Å². The fourth-order valence-electron chi connectivity index (χ4n) is 3.95. The Kier molecular flexibility index (Phi) is 5.21. The van der Waals surface area contributed by atoms with E-state index in [9.17, 15) is 0 Å². The normalized spacial score (nSPS) is 16.1. The molecule has 0 aliphatic carbocycles. The number of hydrogen-bond donors (Lipinski definition) is 1. The van der Waals surface area contributed by atoms with E-state index in [0.29, 0.717) is 23.8 Å². The molecule has 0 unspecified atom stereocenters. The summed E-state index contributed by atoms with van der Waals surface area (Å²) in [5, 5.41) is 4.40. The first kappa shape index (κ1) is 20.0. The van der Waals surface area contributed by atoms with Crippen molar-refractivity contribution in [1.29, 1.82) is 0 Å². The molecule has 1 aliphatic rings. The van der Waals surface area contributed by atoms with Gasteiger partial charge in [0.15, 0.2) is 11.4 Å². The first-order valence-electron chi connectivity index (χ1n) is 10.4. The first-order valence-corrected chi connectivity index (χ1v) is 10.4. The van der Waals surface area contributed by atoms with Crippen molar-refractivity contribution >= 4 is 28.0 Å². The zero-order valence-electron chi connectivity index (χ0n) is 18.3. The Hall–Kier alpha value is -2.25. The molecule has 0 saturated heterocycles. The van der Waals surface area contributed by atoms with Gasteiger partial charge in [-0.25, -0.2) is 15.0 Å². The number of nitrogens with one attached hydrogen (secondary N) is 1. The van der Waals surface area contributed by atoms with Crippen LogP contribution in [0.15, 0.2) is 10.7 Å². The van der Waals surface area contributed by atoms with E-state index in [0.717, 1.165) is 48.3 Å². The second kappa shape index (κ2) is 7.54. The van der Waals surface area contributed by atoms with Gasteiger partial charge in [0.2, 0.25) is 5.71 Å². The number of hydrogen-bond acceptors (Lipinski definition) is 7. The molecule has 0 atom stereocenters. The van der Waals surface area contributed by atoms with Crippen LogP contribution in [0, 0.1) is 5.92 Å². The third-order valence-corrected chi connectivity index (χ3v) is 5.37. The van der Waals surface area contributed by atoms with Crippen molar-refractivity contribution < 1.29 is 9.15 Å². The smallest absolute Gasteiger partial charge is 0.229 e. The van der Waals surface area contributed by atoms with Gasteiger partial charge in [-0.3, -0.25) is 0 Å². The summed E-state index contributed by atoms with van der Waals surface area (Å²) < 4.78 is 12.4. The summed E-state index contributed by atoms with van der Waals surface area (Å²) in [6, 6.07) is 0. The molecule has 156 valence electrons. The number of likely N-dealkylation sites (N-methyl/N-ethyl adjacent to an activating group) is 1. The van der Waals surface area contributed by atoms with E-state index >= 15 is 0 Å². The molecule has 1 N–H and O–H groups in total. The van der Waals surface area contributed by atoms with Gasteiger partial charge in [0.25, 0.3) is 0 Å². The molecular formula is C22H31N5O2. The van der Waals surface area contributed by atoms with Gasteiger partial charge in [-0.15, -0.1) is 0 Å². The molecule has 0 bridgehead atoms. The fraction of sp³-hybridized carbons (Fsp3) is 0.591. The molecule has 7 nitrogen and oxygen atoms in total. The maximum Gasteiger partial charge on any atom is 0.229 e. The summed E-state index contributed by atoms with van der Waals surface area (Å²) in [6.07, 6.45) is 3.32. The van der Waals surface area contributed by atoms with Gasteiger partial charge < -0.3 is 19.4 Å². The lowest BCUT2D eigenvalue weighted by Crippen LogP contribution is -2.33. The lowest BCUT2D eigenvalue weighted by molar-refractivity contribution is -0.0402. The molecule has 0 amide bonds. The van der Waals surface area contributed by atoms with E-state index < -0.39 is 0 Å². The van der Waals surface area contributed by atoms with E-state index in [-0.39, 0.29) is 5.60 Å². The van der Waals surface area contributed by atoms with Crippen LogP contribution >= 0.6 is 0 Å². The van der Waals surface area contributed by atoms with Crippen LogP contribution in [0.25, 0.3) is 22.2 Å². The molecule has 3 aromatic heterocycles. The highest BCUT2D eigenvalue weighted by Gasteiger charge is 2.32. The Balaban J connectivity index is 1.89. The third-order valence-electron chi connectivity index (χ3n) is 5.37. The van der Waals surface area contributed by atoms with E-state index in [1.165, 1.54) is 11.1 Å². The van der Waals surface area contributed by atoms with Gasteiger partial charge in [0.1, 0.15) is 11.8 Å². The fourth-order valence-corrected chi connectivity index (χ4v) is 3.95. The summed E-state index contributed by atoms with van der Waals surface area (Å²) in [5.74, 6) is 1.23. The molecule has 1 aliphatic heterocycles. The SMILES string of the molecule is CC(C)Cc1nc2oc3c(NCCN(C)C)ncnc3c2c2c1COC(C)(C)C2. The molecule has 3 aromatic rings. The largest absolute Gasteiger partial charge is 0.432 e. The first-order chi connectivity index (χ1) is 13.7. The van der Waals surface area contributed by atoms with Crippen molar-refractivity contribution in [3.63, 3.8) is 0 Å². The van der Waals surface area contributed by atoms with Crippen molar-refractivity contribution in [2.24, 2.45) is 5.92 Å². The molecule has 0 radical (unpaired) electrons. The number of pyridine rings is 1. The number of nitrogens with zero attached hydrogens (tertiary/aromatic N) is 4. The van der Waals surface area contributed by atoms with Crippen LogP contribution in [0.2, 0.25) is 0 Å². The van der Waals surface area contributed by atoms with Crippen LogP contribution in [0.4, 0.5) is 5.82 Å². The molecule has 0 aromatic carbocycles. The number of rotatable bonds is 6. The second-order valence-electron chi connectivity index (χ2n) is 9.25. The molecule has 4 heterocycles. The summed E-state index contributed by atoms with van der Waals surface area (Å²) in [7, 11) is 4.10. The highest BCUT2D eigenvalue weighted by molar-refractivity contribution is 6.06. The molecule has 4 rings (SSSR count). The Morgan fingerprint density at radius 1 is 1.21 bits per heavy atom. The zero-order chi connectivity index (χ0) is 20.8. The summed E-state index contributed by atoms with van der Waals surface area (Å²) in [4.78, 5) is 16.0. The maximum absolute atomic E-state index is 6.24. The van der Waals surface area contributed by atoms with Gasteiger partial charge in [0.05, 0.1) is 23.3 Å². The van der Waals surface area contributed by atoms with E-state index in [4.69, 9.17) is 14.1 Å². The van der Waals surface area contributed by atoms with E-state index in [2.05, 4.69) is 62.0 Å². The van der Waals surface area contributed by atoms with Crippen LogP contribution in [-0.4, -0.2) is 52.6 Å². The minimum Gasteiger partial charge on any atom is -0.432 e. The van der Waals surface area contributed by atoms with Crippen molar-refractivity contribution in [1.82, 2.24) is 19.9 Å². The number of anilines is 1. The molecular weight excluding hydrogens is 366 g/mol. The molecule has 0 spiro atoms. The Morgan fingerprint density at radius 3 is 2.72 bits per heavy atom. The number of ether oxygens (including phenoxy) is 1. The second-order valence-corrected chi connectivity index (χ2v) is 9.25. The predicted octanol–water partition coefficient (Wildman–Crippen LogP) is 3.79. The van der Waals surface area contributed by atoms with Crippen LogP contribution in [-0.2, 0) is 24.2 Å². The highest BCUT2D eigenvalue weighted by atomic mass is 16.5. The van der Waals surface area contributed by atoms with Crippen LogP contribution in [0.5, 0.6) is 0 Å². The minimum atomic E-state index is -0.222. The predicted molar refractivity (Wildman–Crippen MR) is 115 cm³/mol. The monoisotopic (exact) mass is 397 g/mol. The van der Waals surface area contributed by atoms with Gasteiger partial charge in [0, 0.05) is 25.1 Å². The topological polar surface area (TPSA) is 76.3 Å². The number of aromatic nitrogens is 3. The van der Waals surface area contributed by atoms with Crippen LogP contribution < -0.4 is 5.32 Å². The third kappa shape index (κ3) is 3.94. The van der Waals surface area contributed by atoms with E-state index in [1.54, 1.807) is 6.33 Å². The van der Waals surface area contributed by atoms with Gasteiger partial charge >= 0.3 is 0 Å². The molecule has 0 saturated carbocycles. The van der Waals surface area contributed by atoms with Gasteiger partial charge in [-0.1, -0.05) is 13.8 Å². The Morgan fingerprint density at radius 2 is 2.00 bits per heavy atom. The van der Waals surface area contributed by atoms with Crippen molar-refractivity contribution in [3.8, 4) is 0 Å². The minimum absolute atomic E-state index is 0.222. The molecule has 29 heavy (non-hydrogen) atoms. The molecule has 7 heteroatoms. The van der Waals surface area contributed by atoms with Crippen molar-refractivity contribution in [2.75, 3.05) is 32.5 Å². The summed E-state index contributed by atoms with van der Waals surface area (Å²) in [6.45, 7) is 11.0. The van der Waals surface area contributed by atoms with Gasteiger partial charge in [-0.05, 0) is 45.8 Å². The molecule has 0 fully saturated rings. The lowest BCUT2D eigenvalue weighted by atomic mass is 9.88. The number of fused-ring (bicyclic) bond motifs is 5. The maximum atomic E-state index is 6.24. The van der Waals surface area contributed by atoms with Crippen LogP contribution in [0.1, 0.15) is 44.5 Å². The number of furan rings is 1. The zero-order valence-corrected chi connectivity index (χ0v) is 18.3. The highest BCUT2D eigenvalue weighted by Crippen LogP contribution is 2.39. The Bertz CT molecular complexity index is 1040. The van der Waals surface area contributed by atoms with Crippen molar-refractivity contribution in [2.45, 2.75) is 52.7 Å². The lowest BCUT2D eigenvalue weighted by Gasteiger charge is -2.33. The van der Waals surface area contributed by atoms with Gasteiger partial charge in [-0.2, -0.15) is 0 Å². The average molecular weight is 398 g/mol. The Labute approximate surface area is 171 Å². The van der Waals surface area contributed by atoms with Crippen molar-refractivity contribution in [3.05, 3.63) is 23.1 Å². The standard InChI is InChI=1S/C22H31N5O2/c1-13(2)9-16-15-11-28-22(3,4)10-14(15)17-18-19(29-21(17)26-16)20(25-12-24-18)23-7-8-27(5)6/h12-13H,7-11H2,1-6H3,(H,23,24,25). The quantitative estimate of drug-likeness (QED) is 0.678.